The summed E-state index contributed by atoms with van der Waals surface area (Å²) < 4.78 is 61.9. The van der Waals surface area contributed by atoms with Crippen molar-refractivity contribution in [3.05, 3.63) is 33.9 Å². The number of hydrogen-bond acceptors (Lipinski definition) is 4. The summed E-state index contributed by atoms with van der Waals surface area (Å²) >= 11 is 11.6. The Kier molecular flexibility index (Phi) is 4.09. The summed E-state index contributed by atoms with van der Waals surface area (Å²) in [5, 5.41) is 3.04. The highest BCUT2D eigenvalue weighted by Crippen LogP contribution is 2.37. The first-order chi connectivity index (χ1) is 9.91. The lowest BCUT2D eigenvalue weighted by atomic mass is 10.2. The minimum Gasteiger partial charge on any atom is -0.381 e. The molecule has 0 fully saturated rings. The first kappa shape index (κ1) is 16.9. The van der Waals surface area contributed by atoms with Gasteiger partial charge in [0, 0.05) is 6.26 Å². The van der Waals surface area contributed by atoms with Gasteiger partial charge in [0.1, 0.15) is 10.6 Å². The van der Waals surface area contributed by atoms with E-state index in [4.69, 9.17) is 28.9 Å². The Bertz CT molecular complexity index is 824. The third-order valence-electron chi connectivity index (χ3n) is 2.68. The van der Waals surface area contributed by atoms with E-state index in [1.807, 2.05) is 0 Å². The molecule has 0 saturated heterocycles. The van der Waals surface area contributed by atoms with Crippen LogP contribution in [0, 0.1) is 0 Å². The SMILES string of the molecule is CS(=O)(=O)c1cn(-c2c(Cl)cc(C(F)(F)F)cc2Cl)nc1N. The van der Waals surface area contributed by atoms with E-state index >= 15 is 0 Å². The van der Waals surface area contributed by atoms with E-state index in [1.54, 1.807) is 0 Å². The third-order valence-corrected chi connectivity index (χ3v) is 4.37. The van der Waals surface area contributed by atoms with Gasteiger partial charge in [0.25, 0.3) is 0 Å². The van der Waals surface area contributed by atoms with Gasteiger partial charge in [0.15, 0.2) is 15.7 Å². The molecule has 11 heteroatoms. The molecule has 0 aliphatic carbocycles. The summed E-state index contributed by atoms with van der Waals surface area (Å²) in [4.78, 5) is -0.278. The van der Waals surface area contributed by atoms with Gasteiger partial charge in [-0.1, -0.05) is 23.2 Å². The molecule has 0 spiro atoms. The molecule has 0 atom stereocenters. The van der Waals surface area contributed by atoms with Gasteiger partial charge in [-0.2, -0.15) is 13.2 Å². The van der Waals surface area contributed by atoms with Crippen molar-refractivity contribution >= 4 is 38.9 Å². The second kappa shape index (κ2) is 5.32. The predicted octanol–water partition coefficient (Wildman–Crippen LogP) is 3.18. The van der Waals surface area contributed by atoms with Crippen LogP contribution in [0.2, 0.25) is 10.0 Å². The molecule has 2 N–H and O–H groups in total. The van der Waals surface area contributed by atoms with Gasteiger partial charge in [0.05, 0.1) is 21.8 Å². The summed E-state index contributed by atoms with van der Waals surface area (Å²) in [6.45, 7) is 0. The van der Waals surface area contributed by atoms with Crippen molar-refractivity contribution in [3.63, 3.8) is 0 Å². The van der Waals surface area contributed by atoms with Crippen molar-refractivity contribution in [1.82, 2.24) is 9.78 Å². The molecule has 0 radical (unpaired) electrons. The number of anilines is 1. The Balaban J connectivity index is 2.65. The third kappa shape index (κ3) is 3.16. The van der Waals surface area contributed by atoms with Crippen molar-refractivity contribution in [1.29, 1.82) is 0 Å². The average molecular weight is 374 g/mol. The quantitative estimate of drug-likeness (QED) is 0.876. The molecular weight excluding hydrogens is 366 g/mol. The van der Waals surface area contributed by atoms with E-state index in [9.17, 15) is 21.6 Å². The topological polar surface area (TPSA) is 78.0 Å². The van der Waals surface area contributed by atoms with Crippen molar-refractivity contribution in [2.45, 2.75) is 11.1 Å². The van der Waals surface area contributed by atoms with Crippen molar-refractivity contribution in [2.75, 3.05) is 12.0 Å². The second-order valence-corrected chi connectivity index (χ2v) is 7.18. The first-order valence-electron chi connectivity index (χ1n) is 5.53. The van der Waals surface area contributed by atoms with Gasteiger partial charge in [-0.15, -0.1) is 5.10 Å². The van der Waals surface area contributed by atoms with Gasteiger partial charge >= 0.3 is 6.18 Å². The van der Waals surface area contributed by atoms with E-state index in [2.05, 4.69) is 5.10 Å². The number of alkyl halides is 3. The molecular formula is C11H8Cl2F3N3O2S. The Hall–Kier alpha value is -1.45. The molecule has 0 aliphatic heterocycles. The fourth-order valence-electron chi connectivity index (χ4n) is 1.72. The van der Waals surface area contributed by atoms with Gasteiger partial charge in [0.2, 0.25) is 0 Å². The number of hydrogen-bond donors (Lipinski definition) is 1. The van der Waals surface area contributed by atoms with Gasteiger partial charge in [-0.25, -0.2) is 13.1 Å². The maximum atomic E-state index is 12.7. The van der Waals surface area contributed by atoms with Crippen molar-refractivity contribution in [2.24, 2.45) is 0 Å². The maximum Gasteiger partial charge on any atom is 0.416 e. The van der Waals surface area contributed by atoms with Crippen LogP contribution in [0.4, 0.5) is 19.0 Å². The Morgan fingerprint density at radius 1 is 1.23 bits per heavy atom. The Morgan fingerprint density at radius 3 is 2.09 bits per heavy atom. The number of halogens is 5. The highest BCUT2D eigenvalue weighted by molar-refractivity contribution is 7.90. The summed E-state index contributed by atoms with van der Waals surface area (Å²) in [7, 11) is -3.65. The standard InChI is InChI=1S/C11H8Cl2F3N3O2S/c1-22(20,21)8-4-19(18-10(8)17)9-6(12)2-5(3-7(9)13)11(14,15)16/h2-4H,1H3,(H2,17,18). The van der Waals surface area contributed by atoms with Gasteiger partial charge in [-0.3, -0.25) is 0 Å². The van der Waals surface area contributed by atoms with Crippen LogP contribution in [0.1, 0.15) is 5.56 Å². The largest absolute Gasteiger partial charge is 0.416 e. The summed E-state index contributed by atoms with van der Waals surface area (Å²) in [5.41, 5.74) is 4.36. The normalized spacial score (nSPS) is 12.6. The molecule has 5 nitrogen and oxygen atoms in total. The van der Waals surface area contributed by atoms with E-state index in [0.717, 1.165) is 17.1 Å². The van der Waals surface area contributed by atoms with Crippen molar-refractivity contribution < 1.29 is 21.6 Å². The molecule has 2 rings (SSSR count). The van der Waals surface area contributed by atoms with Crippen LogP contribution >= 0.6 is 23.2 Å². The zero-order valence-electron chi connectivity index (χ0n) is 10.8. The number of benzene rings is 1. The molecule has 1 aromatic carbocycles. The number of nitrogens with zero attached hydrogens (tertiary/aromatic N) is 2. The Labute approximate surface area is 133 Å². The number of nitrogen functional groups attached to an aromatic ring is 1. The number of aromatic nitrogens is 2. The molecule has 120 valence electrons. The molecule has 0 amide bonds. The van der Waals surface area contributed by atoms with Gasteiger partial charge in [-0.05, 0) is 12.1 Å². The van der Waals surface area contributed by atoms with Crippen LogP contribution < -0.4 is 5.73 Å². The van der Waals surface area contributed by atoms with Gasteiger partial charge < -0.3 is 5.73 Å². The van der Waals surface area contributed by atoms with Crippen LogP contribution in [-0.2, 0) is 16.0 Å². The van der Waals surface area contributed by atoms with Crippen molar-refractivity contribution in [3.8, 4) is 5.69 Å². The zero-order chi connectivity index (χ0) is 16.9. The minimum atomic E-state index is -4.62. The van der Waals surface area contributed by atoms with E-state index in [0.29, 0.717) is 12.1 Å². The van der Waals surface area contributed by atoms with Crippen LogP contribution in [0.3, 0.4) is 0 Å². The smallest absolute Gasteiger partial charge is 0.381 e. The van der Waals surface area contributed by atoms with Crippen LogP contribution in [0.5, 0.6) is 0 Å². The summed E-state index contributed by atoms with van der Waals surface area (Å²) in [6, 6.07) is 1.33. The summed E-state index contributed by atoms with van der Waals surface area (Å²) in [5.74, 6) is -0.311. The predicted molar refractivity (Wildman–Crippen MR) is 76.1 cm³/mol. The molecule has 1 aromatic heterocycles. The molecule has 0 bridgehead atoms. The minimum absolute atomic E-state index is 0.0991. The monoisotopic (exact) mass is 373 g/mol. The Morgan fingerprint density at radius 2 is 1.73 bits per heavy atom. The lowest BCUT2D eigenvalue weighted by molar-refractivity contribution is -0.137. The van der Waals surface area contributed by atoms with Crippen LogP contribution in [0.15, 0.2) is 23.2 Å². The molecule has 2 aromatic rings. The van der Waals surface area contributed by atoms with Crippen LogP contribution in [0.25, 0.3) is 5.69 Å². The average Bonchev–Trinajstić information content (AvgIpc) is 2.68. The highest BCUT2D eigenvalue weighted by atomic mass is 35.5. The zero-order valence-corrected chi connectivity index (χ0v) is 13.1. The van der Waals surface area contributed by atoms with E-state index in [1.165, 1.54) is 0 Å². The molecule has 1 heterocycles. The first-order valence-corrected chi connectivity index (χ1v) is 8.18. The summed E-state index contributed by atoms with van der Waals surface area (Å²) in [6.07, 6.45) is -2.67. The molecule has 0 aliphatic rings. The fourth-order valence-corrected chi connectivity index (χ4v) is 3.09. The fraction of sp³-hybridized carbons (Fsp3) is 0.182. The number of rotatable bonds is 2. The lowest BCUT2D eigenvalue weighted by Gasteiger charge is -2.12. The van der Waals surface area contributed by atoms with Crippen LogP contribution in [-0.4, -0.2) is 24.5 Å². The molecule has 22 heavy (non-hydrogen) atoms. The number of sulfone groups is 1. The second-order valence-electron chi connectivity index (χ2n) is 4.38. The highest BCUT2D eigenvalue weighted by Gasteiger charge is 2.32. The lowest BCUT2D eigenvalue weighted by Crippen LogP contribution is -2.07. The molecule has 0 unspecified atom stereocenters. The number of nitrogens with two attached hydrogens (primary N) is 1. The van der Waals surface area contributed by atoms with E-state index < -0.39 is 21.6 Å². The maximum absolute atomic E-state index is 12.7. The van der Waals surface area contributed by atoms with E-state index in [-0.39, 0.29) is 26.4 Å². The molecule has 0 saturated carbocycles.